The number of morpholine rings is 1. The van der Waals surface area contributed by atoms with Gasteiger partial charge in [-0.3, -0.25) is 9.69 Å². The first kappa shape index (κ1) is 17.6. The van der Waals surface area contributed by atoms with E-state index in [-0.39, 0.29) is 31.8 Å². The zero-order valence-corrected chi connectivity index (χ0v) is 14.1. The normalized spacial score (nSPS) is 24.8. The average molecular weight is 359 g/mol. The number of likely N-dealkylation sites (tertiary alicyclic amines) is 1. The molecule has 0 aromatic heterocycles. The minimum Gasteiger partial charge on any atom is -0.366 e. The number of piperidine rings is 1. The Morgan fingerprint density at radius 2 is 1.88 bits per heavy atom. The Bertz CT molecular complexity index is 572. The van der Waals surface area contributed by atoms with Crippen molar-refractivity contribution in [3.63, 3.8) is 0 Å². The molecule has 0 aliphatic carbocycles. The highest BCUT2D eigenvalue weighted by Gasteiger charge is 2.38. The maximum atomic E-state index is 13.2. The maximum Gasteiger partial charge on any atom is 0.253 e. The average Bonchev–Trinajstić information content (AvgIpc) is 2.57. The van der Waals surface area contributed by atoms with Crippen LogP contribution < -0.4 is 0 Å². The molecule has 2 saturated heterocycles. The molecule has 3 rings (SSSR count). The van der Waals surface area contributed by atoms with Crippen molar-refractivity contribution in [1.29, 1.82) is 0 Å². The highest BCUT2D eigenvalue weighted by molar-refractivity contribution is 6.30. The molecule has 0 spiro atoms. The number of hydrogen-bond acceptors (Lipinski definition) is 3. The Balaban J connectivity index is 1.55. The van der Waals surface area contributed by atoms with E-state index in [1.54, 1.807) is 0 Å². The Labute approximate surface area is 145 Å². The largest absolute Gasteiger partial charge is 0.366 e. The molecule has 132 valence electrons. The zero-order valence-electron chi connectivity index (χ0n) is 13.4. The predicted molar refractivity (Wildman–Crippen MR) is 87.2 cm³/mol. The van der Waals surface area contributed by atoms with Crippen LogP contribution in [0.25, 0.3) is 0 Å². The summed E-state index contributed by atoms with van der Waals surface area (Å²) in [5, 5.41) is 0.690. The number of alkyl halides is 2. The second-order valence-corrected chi connectivity index (χ2v) is 6.84. The van der Waals surface area contributed by atoms with Gasteiger partial charge in [0.2, 0.25) is 0 Å². The number of rotatable bonds is 3. The van der Waals surface area contributed by atoms with Crippen LogP contribution in [0, 0.1) is 0 Å². The Kier molecular flexibility index (Phi) is 5.37. The summed E-state index contributed by atoms with van der Waals surface area (Å²) in [6, 6.07) is 7.60. The van der Waals surface area contributed by atoms with Crippen LogP contribution in [0.1, 0.15) is 18.4 Å². The van der Waals surface area contributed by atoms with Gasteiger partial charge in [0.05, 0.1) is 6.61 Å². The monoisotopic (exact) mass is 358 g/mol. The van der Waals surface area contributed by atoms with Gasteiger partial charge in [-0.2, -0.15) is 0 Å². The van der Waals surface area contributed by atoms with Gasteiger partial charge in [0.1, 0.15) is 6.10 Å². The highest BCUT2D eigenvalue weighted by atomic mass is 35.5. The number of carbonyl (C=O) groups excluding carboxylic acids is 1. The van der Waals surface area contributed by atoms with E-state index in [0.717, 1.165) is 12.1 Å². The molecule has 0 bridgehead atoms. The molecule has 0 N–H and O–H groups in total. The molecule has 0 saturated carbocycles. The van der Waals surface area contributed by atoms with Gasteiger partial charge in [-0.05, 0) is 17.7 Å². The molecule has 2 aliphatic rings. The fourth-order valence-corrected chi connectivity index (χ4v) is 3.23. The molecule has 1 aromatic rings. The summed E-state index contributed by atoms with van der Waals surface area (Å²) in [6.07, 6.45) is -1.10. The zero-order chi connectivity index (χ0) is 17.2. The lowest BCUT2D eigenvalue weighted by Gasteiger charge is -2.37. The van der Waals surface area contributed by atoms with E-state index >= 15 is 0 Å². The van der Waals surface area contributed by atoms with Gasteiger partial charge in [-0.15, -0.1) is 0 Å². The molecule has 2 fully saturated rings. The second-order valence-electron chi connectivity index (χ2n) is 6.40. The van der Waals surface area contributed by atoms with Crippen molar-refractivity contribution in [3.05, 3.63) is 34.9 Å². The third kappa shape index (κ3) is 4.43. The number of nitrogens with zero attached hydrogens (tertiary/aromatic N) is 2. The molecule has 4 nitrogen and oxygen atoms in total. The molecular formula is C17H21ClF2N2O2. The summed E-state index contributed by atoms with van der Waals surface area (Å²) in [5.74, 6) is -2.82. The van der Waals surface area contributed by atoms with Crippen LogP contribution in [0.3, 0.4) is 0 Å². The van der Waals surface area contributed by atoms with Crippen LogP contribution >= 0.6 is 11.6 Å². The van der Waals surface area contributed by atoms with Gasteiger partial charge in [0.25, 0.3) is 11.8 Å². The lowest BCUT2D eigenvalue weighted by atomic mass is 10.1. The van der Waals surface area contributed by atoms with Crippen molar-refractivity contribution in [2.45, 2.75) is 31.4 Å². The van der Waals surface area contributed by atoms with Gasteiger partial charge in [0, 0.05) is 50.6 Å². The van der Waals surface area contributed by atoms with E-state index in [9.17, 15) is 13.6 Å². The molecule has 7 heteroatoms. The molecule has 0 radical (unpaired) electrons. The summed E-state index contributed by atoms with van der Waals surface area (Å²) < 4.78 is 32.0. The number of benzene rings is 1. The molecular weight excluding hydrogens is 338 g/mol. The molecule has 1 atom stereocenters. The van der Waals surface area contributed by atoms with Crippen LogP contribution in [0.5, 0.6) is 0 Å². The molecule has 1 amide bonds. The number of amides is 1. The number of halogens is 3. The van der Waals surface area contributed by atoms with Crippen molar-refractivity contribution in [3.8, 4) is 0 Å². The van der Waals surface area contributed by atoms with Gasteiger partial charge in [-0.1, -0.05) is 23.7 Å². The standard InChI is InChI=1S/C17H21ClF2N2O2/c18-14-3-1-13(2-4-14)11-21-9-10-24-15(12-21)16(23)22-7-5-17(19,20)6-8-22/h1-4,15H,5-12H2. The van der Waals surface area contributed by atoms with Crippen molar-refractivity contribution in [2.24, 2.45) is 0 Å². The van der Waals surface area contributed by atoms with E-state index in [2.05, 4.69) is 4.90 Å². The van der Waals surface area contributed by atoms with Crippen LogP contribution in [0.2, 0.25) is 5.02 Å². The number of hydrogen-bond donors (Lipinski definition) is 0. The lowest BCUT2D eigenvalue weighted by Crippen LogP contribution is -2.53. The van der Waals surface area contributed by atoms with E-state index in [1.165, 1.54) is 4.90 Å². The van der Waals surface area contributed by atoms with Gasteiger partial charge in [-0.25, -0.2) is 8.78 Å². The fraction of sp³-hybridized carbons (Fsp3) is 0.588. The number of carbonyl (C=O) groups is 1. The Hall–Kier alpha value is -1.24. The second kappa shape index (κ2) is 7.33. The Morgan fingerprint density at radius 3 is 2.54 bits per heavy atom. The van der Waals surface area contributed by atoms with E-state index in [4.69, 9.17) is 16.3 Å². The molecule has 2 aliphatic heterocycles. The lowest BCUT2D eigenvalue weighted by molar-refractivity contribution is -0.155. The molecule has 24 heavy (non-hydrogen) atoms. The third-order valence-electron chi connectivity index (χ3n) is 4.55. The predicted octanol–water partition coefficient (Wildman–Crippen LogP) is 2.80. The minimum atomic E-state index is -2.65. The van der Waals surface area contributed by atoms with E-state index in [1.807, 2.05) is 24.3 Å². The maximum absolute atomic E-state index is 13.2. The topological polar surface area (TPSA) is 32.8 Å². The quantitative estimate of drug-likeness (QED) is 0.833. The smallest absolute Gasteiger partial charge is 0.253 e. The first-order valence-corrected chi connectivity index (χ1v) is 8.56. The van der Waals surface area contributed by atoms with Gasteiger partial charge < -0.3 is 9.64 Å². The van der Waals surface area contributed by atoms with Crippen molar-refractivity contribution in [2.75, 3.05) is 32.8 Å². The summed E-state index contributed by atoms with van der Waals surface area (Å²) >= 11 is 5.89. The highest BCUT2D eigenvalue weighted by Crippen LogP contribution is 2.28. The van der Waals surface area contributed by atoms with Crippen molar-refractivity contribution < 1.29 is 18.3 Å². The first-order chi connectivity index (χ1) is 11.4. The SMILES string of the molecule is O=C(C1CN(Cc2ccc(Cl)cc2)CCO1)N1CCC(F)(F)CC1. The third-order valence-corrected chi connectivity index (χ3v) is 4.80. The van der Waals surface area contributed by atoms with E-state index < -0.39 is 12.0 Å². The summed E-state index contributed by atoms with van der Waals surface area (Å²) in [5.41, 5.74) is 1.12. The minimum absolute atomic E-state index is 0.100. The molecule has 1 aromatic carbocycles. The van der Waals surface area contributed by atoms with Gasteiger partial charge in [0.15, 0.2) is 0 Å². The number of ether oxygens (including phenoxy) is 1. The fourth-order valence-electron chi connectivity index (χ4n) is 3.10. The van der Waals surface area contributed by atoms with E-state index in [0.29, 0.717) is 24.7 Å². The van der Waals surface area contributed by atoms with Crippen molar-refractivity contribution in [1.82, 2.24) is 9.80 Å². The van der Waals surface area contributed by atoms with Gasteiger partial charge >= 0.3 is 0 Å². The Morgan fingerprint density at radius 1 is 1.21 bits per heavy atom. The first-order valence-electron chi connectivity index (χ1n) is 8.18. The van der Waals surface area contributed by atoms with Crippen LogP contribution in [0.4, 0.5) is 8.78 Å². The van der Waals surface area contributed by atoms with Crippen LogP contribution in [-0.4, -0.2) is 60.5 Å². The molecule has 2 heterocycles. The summed E-state index contributed by atoms with van der Waals surface area (Å²) in [7, 11) is 0. The van der Waals surface area contributed by atoms with Crippen LogP contribution in [-0.2, 0) is 16.1 Å². The summed E-state index contributed by atoms with van der Waals surface area (Å²) in [4.78, 5) is 16.2. The molecule has 1 unspecified atom stereocenters. The van der Waals surface area contributed by atoms with Crippen LogP contribution in [0.15, 0.2) is 24.3 Å². The van der Waals surface area contributed by atoms with Crippen molar-refractivity contribution >= 4 is 17.5 Å². The summed E-state index contributed by atoms with van der Waals surface area (Å²) in [6.45, 7) is 2.60.